The van der Waals surface area contributed by atoms with E-state index in [0.717, 1.165) is 37.7 Å². The van der Waals surface area contributed by atoms with E-state index in [9.17, 15) is 9.59 Å². The third kappa shape index (κ3) is 6.71. The second-order valence-electron chi connectivity index (χ2n) is 8.50. The first-order valence-corrected chi connectivity index (χ1v) is 10.9. The molecule has 2 aliphatic rings. The zero-order valence-electron chi connectivity index (χ0n) is 17.2. The molecule has 1 aromatic rings. The summed E-state index contributed by atoms with van der Waals surface area (Å²) in [5.74, 6) is 0.837. The Balaban J connectivity index is 1.40. The molecule has 1 aliphatic heterocycles. The Bertz CT molecular complexity index is 620. The number of hydrogen-bond donors (Lipinski definition) is 1. The topological polar surface area (TPSA) is 52.7 Å². The van der Waals surface area contributed by atoms with Crippen LogP contribution in [-0.2, 0) is 16.0 Å². The van der Waals surface area contributed by atoms with E-state index in [0.29, 0.717) is 13.0 Å². The van der Waals surface area contributed by atoms with Crippen molar-refractivity contribution < 1.29 is 9.59 Å². The van der Waals surface area contributed by atoms with Crippen LogP contribution in [0.3, 0.4) is 0 Å². The van der Waals surface area contributed by atoms with Gasteiger partial charge in [-0.1, -0.05) is 49.6 Å². The highest BCUT2D eigenvalue weighted by molar-refractivity contribution is 5.88. The van der Waals surface area contributed by atoms with Gasteiger partial charge in [0.25, 0.3) is 0 Å². The number of nitrogens with one attached hydrogen (secondary N) is 1. The molecule has 1 saturated heterocycles. The lowest BCUT2D eigenvalue weighted by molar-refractivity contribution is -0.127. The molecule has 1 N–H and O–H groups in total. The van der Waals surface area contributed by atoms with E-state index in [-0.39, 0.29) is 11.7 Å². The van der Waals surface area contributed by atoms with Crippen LogP contribution in [0.1, 0.15) is 44.6 Å². The molecular weight excluding hydrogens is 350 g/mol. The first kappa shape index (κ1) is 21.0. The van der Waals surface area contributed by atoms with Gasteiger partial charge in [0.15, 0.2) is 5.78 Å². The van der Waals surface area contributed by atoms with Gasteiger partial charge in [-0.3, -0.25) is 14.5 Å². The van der Waals surface area contributed by atoms with Crippen molar-refractivity contribution in [3.63, 3.8) is 0 Å². The van der Waals surface area contributed by atoms with Crippen LogP contribution >= 0.6 is 0 Å². The van der Waals surface area contributed by atoms with E-state index in [2.05, 4.69) is 15.1 Å². The van der Waals surface area contributed by atoms with Gasteiger partial charge in [-0.05, 0) is 37.7 Å². The highest BCUT2D eigenvalue weighted by Crippen LogP contribution is 2.24. The number of carbonyl (C=O) groups excluding carboxylic acids is 2. The largest absolute Gasteiger partial charge is 0.345 e. The van der Waals surface area contributed by atoms with Crippen molar-refractivity contribution in [3.8, 4) is 0 Å². The van der Waals surface area contributed by atoms with Gasteiger partial charge in [0, 0.05) is 32.7 Å². The first-order valence-electron chi connectivity index (χ1n) is 10.9. The molecule has 2 fully saturated rings. The van der Waals surface area contributed by atoms with Crippen molar-refractivity contribution in [2.45, 2.75) is 51.5 Å². The lowest BCUT2D eigenvalue weighted by atomic mass is 9.89. The fourth-order valence-electron chi connectivity index (χ4n) is 4.45. The fourth-order valence-corrected chi connectivity index (χ4v) is 4.45. The minimum atomic E-state index is -0.442. The smallest absolute Gasteiger partial charge is 0.234 e. The SMILES string of the molecule is CC(=O)[C@@H](Cc1ccccc1)NC(=O)CN1CCN(CC2CCCCC2)CC1. The standard InChI is InChI=1S/C23H35N3O2/c1-19(27)22(16-20-8-4-2-5-9-20)24-23(28)18-26-14-12-25(13-15-26)17-21-10-6-3-7-11-21/h2,4-5,8-9,21-22H,3,6-7,10-18H2,1H3,(H,24,28)/t22-/m1/s1. The van der Waals surface area contributed by atoms with Crippen molar-refractivity contribution in [2.75, 3.05) is 39.3 Å². The Morgan fingerprint density at radius 1 is 1.00 bits per heavy atom. The summed E-state index contributed by atoms with van der Waals surface area (Å²) in [4.78, 5) is 29.3. The molecule has 1 atom stereocenters. The predicted molar refractivity (Wildman–Crippen MR) is 112 cm³/mol. The molecule has 1 heterocycles. The Morgan fingerprint density at radius 3 is 2.29 bits per heavy atom. The highest BCUT2D eigenvalue weighted by Gasteiger charge is 2.24. The Morgan fingerprint density at radius 2 is 1.64 bits per heavy atom. The molecule has 0 unspecified atom stereocenters. The van der Waals surface area contributed by atoms with Crippen molar-refractivity contribution >= 4 is 11.7 Å². The summed E-state index contributed by atoms with van der Waals surface area (Å²) in [7, 11) is 0. The van der Waals surface area contributed by atoms with Crippen LogP contribution in [0, 0.1) is 5.92 Å². The molecule has 5 heteroatoms. The van der Waals surface area contributed by atoms with Crippen molar-refractivity contribution in [1.29, 1.82) is 0 Å². The number of rotatable bonds is 8. The molecule has 1 saturated carbocycles. The molecule has 1 aliphatic carbocycles. The van der Waals surface area contributed by atoms with Gasteiger partial charge in [-0.25, -0.2) is 0 Å². The lowest BCUT2D eigenvalue weighted by Gasteiger charge is -2.37. The molecule has 28 heavy (non-hydrogen) atoms. The third-order valence-electron chi connectivity index (χ3n) is 6.18. The lowest BCUT2D eigenvalue weighted by Crippen LogP contribution is -2.52. The van der Waals surface area contributed by atoms with Crippen LogP contribution < -0.4 is 5.32 Å². The minimum Gasteiger partial charge on any atom is -0.345 e. The third-order valence-corrected chi connectivity index (χ3v) is 6.18. The summed E-state index contributed by atoms with van der Waals surface area (Å²) in [5, 5.41) is 2.95. The fraction of sp³-hybridized carbons (Fsp3) is 0.652. The molecule has 1 amide bonds. The van der Waals surface area contributed by atoms with Crippen molar-refractivity contribution in [1.82, 2.24) is 15.1 Å². The first-order chi connectivity index (χ1) is 13.6. The van der Waals surface area contributed by atoms with Gasteiger partial charge >= 0.3 is 0 Å². The normalized spacial score (nSPS) is 20.6. The number of piperazine rings is 1. The molecule has 0 radical (unpaired) electrons. The number of carbonyl (C=O) groups is 2. The van der Waals surface area contributed by atoms with Gasteiger partial charge < -0.3 is 10.2 Å². The molecular formula is C23H35N3O2. The van der Waals surface area contributed by atoms with Gasteiger partial charge in [-0.15, -0.1) is 0 Å². The summed E-state index contributed by atoms with van der Waals surface area (Å²) in [6.45, 7) is 7.12. The van der Waals surface area contributed by atoms with Gasteiger partial charge in [0.2, 0.25) is 5.91 Å². The van der Waals surface area contributed by atoms with Crippen LogP contribution in [0.5, 0.6) is 0 Å². The second-order valence-corrected chi connectivity index (χ2v) is 8.50. The summed E-state index contributed by atoms with van der Waals surface area (Å²) in [5.41, 5.74) is 1.07. The Kier molecular flexibility index (Phi) is 8.04. The van der Waals surface area contributed by atoms with Crippen LogP contribution in [-0.4, -0.2) is 66.8 Å². The maximum absolute atomic E-state index is 12.5. The van der Waals surface area contributed by atoms with E-state index < -0.39 is 6.04 Å². The molecule has 0 bridgehead atoms. The van der Waals surface area contributed by atoms with Crippen LogP contribution in [0.4, 0.5) is 0 Å². The zero-order valence-corrected chi connectivity index (χ0v) is 17.2. The van der Waals surface area contributed by atoms with Gasteiger partial charge in [0.1, 0.15) is 0 Å². The summed E-state index contributed by atoms with van der Waals surface area (Å²) in [6, 6.07) is 9.42. The number of benzene rings is 1. The second kappa shape index (κ2) is 10.7. The summed E-state index contributed by atoms with van der Waals surface area (Å²) < 4.78 is 0. The van der Waals surface area contributed by atoms with Crippen LogP contribution in [0.15, 0.2) is 30.3 Å². The van der Waals surface area contributed by atoms with Crippen LogP contribution in [0.25, 0.3) is 0 Å². The van der Waals surface area contributed by atoms with Crippen LogP contribution in [0.2, 0.25) is 0 Å². The van der Waals surface area contributed by atoms with Crippen molar-refractivity contribution in [2.24, 2.45) is 5.92 Å². The maximum Gasteiger partial charge on any atom is 0.234 e. The molecule has 5 nitrogen and oxygen atoms in total. The summed E-state index contributed by atoms with van der Waals surface area (Å²) >= 11 is 0. The van der Waals surface area contributed by atoms with E-state index >= 15 is 0 Å². The van der Waals surface area contributed by atoms with E-state index in [1.165, 1.54) is 38.6 Å². The zero-order chi connectivity index (χ0) is 19.8. The number of ketones is 1. The Hall–Kier alpha value is -1.72. The number of hydrogen-bond acceptors (Lipinski definition) is 4. The van der Waals surface area contributed by atoms with Gasteiger partial charge in [-0.2, -0.15) is 0 Å². The molecule has 0 spiro atoms. The minimum absolute atomic E-state index is 0.00880. The molecule has 154 valence electrons. The maximum atomic E-state index is 12.5. The number of amides is 1. The van der Waals surface area contributed by atoms with Gasteiger partial charge in [0.05, 0.1) is 12.6 Å². The molecule has 1 aromatic carbocycles. The van der Waals surface area contributed by atoms with E-state index in [1.54, 1.807) is 6.92 Å². The summed E-state index contributed by atoms with van der Waals surface area (Å²) in [6.07, 6.45) is 7.52. The van der Waals surface area contributed by atoms with E-state index in [1.807, 2.05) is 30.3 Å². The number of nitrogens with zero attached hydrogens (tertiary/aromatic N) is 2. The average molecular weight is 386 g/mol. The van der Waals surface area contributed by atoms with E-state index in [4.69, 9.17) is 0 Å². The number of Topliss-reactive ketones (excluding diaryl/α,β-unsaturated/α-hetero) is 1. The average Bonchev–Trinajstić information content (AvgIpc) is 2.70. The quantitative estimate of drug-likeness (QED) is 0.747. The highest BCUT2D eigenvalue weighted by atomic mass is 16.2. The van der Waals surface area contributed by atoms with Crippen molar-refractivity contribution in [3.05, 3.63) is 35.9 Å². The Labute approximate surface area is 169 Å². The predicted octanol–water partition coefficient (Wildman–Crippen LogP) is 2.50. The molecule has 0 aromatic heterocycles. The molecule has 3 rings (SSSR count). The monoisotopic (exact) mass is 385 g/mol.